The SMILES string of the molecule is COc1cc(=O)c(C(=O)NCCc2ccccn2)nn1-c1ccc(F)cc1. The van der Waals surface area contributed by atoms with Crippen LogP contribution in [0, 0.1) is 5.82 Å². The summed E-state index contributed by atoms with van der Waals surface area (Å²) in [5, 5.41) is 6.76. The van der Waals surface area contributed by atoms with E-state index in [-0.39, 0.29) is 11.6 Å². The molecule has 0 saturated carbocycles. The molecule has 7 nitrogen and oxygen atoms in total. The van der Waals surface area contributed by atoms with Crippen LogP contribution in [0.5, 0.6) is 5.88 Å². The molecule has 1 amide bonds. The number of aromatic nitrogens is 3. The fourth-order valence-corrected chi connectivity index (χ4v) is 2.44. The average Bonchev–Trinajstić information content (AvgIpc) is 2.69. The summed E-state index contributed by atoms with van der Waals surface area (Å²) in [6, 6.07) is 12.1. The molecule has 138 valence electrons. The predicted molar refractivity (Wildman–Crippen MR) is 96.6 cm³/mol. The lowest BCUT2D eigenvalue weighted by atomic mass is 10.2. The molecular weight excluding hydrogens is 351 g/mol. The Morgan fingerprint density at radius 1 is 1.22 bits per heavy atom. The van der Waals surface area contributed by atoms with E-state index >= 15 is 0 Å². The molecule has 0 spiro atoms. The highest BCUT2D eigenvalue weighted by atomic mass is 19.1. The Morgan fingerprint density at radius 2 is 2.00 bits per heavy atom. The molecule has 3 aromatic rings. The smallest absolute Gasteiger partial charge is 0.275 e. The molecule has 2 heterocycles. The Morgan fingerprint density at radius 3 is 2.67 bits per heavy atom. The Kier molecular flexibility index (Phi) is 5.55. The zero-order chi connectivity index (χ0) is 19.2. The molecule has 0 atom stereocenters. The van der Waals surface area contributed by atoms with E-state index in [9.17, 15) is 14.0 Å². The first kappa shape index (κ1) is 18.2. The Labute approximate surface area is 154 Å². The standard InChI is InChI=1S/C19H17FN4O3/c1-27-17-12-16(25)18(23-24(17)15-7-5-13(20)6-8-15)19(26)22-11-9-14-4-2-3-10-21-14/h2-8,10,12H,9,11H2,1H3,(H,22,26). The lowest BCUT2D eigenvalue weighted by molar-refractivity contribution is 0.0946. The number of ether oxygens (including phenoxy) is 1. The fourth-order valence-electron chi connectivity index (χ4n) is 2.44. The number of carbonyl (C=O) groups is 1. The van der Waals surface area contributed by atoms with E-state index < -0.39 is 17.2 Å². The summed E-state index contributed by atoms with van der Waals surface area (Å²) >= 11 is 0. The second-order valence-electron chi connectivity index (χ2n) is 5.61. The summed E-state index contributed by atoms with van der Waals surface area (Å²) in [4.78, 5) is 28.8. The highest BCUT2D eigenvalue weighted by Crippen LogP contribution is 2.15. The van der Waals surface area contributed by atoms with Crippen LogP contribution in [0.25, 0.3) is 5.69 Å². The second kappa shape index (κ2) is 8.22. The topological polar surface area (TPSA) is 86.1 Å². The van der Waals surface area contributed by atoms with Gasteiger partial charge in [-0.05, 0) is 36.4 Å². The largest absolute Gasteiger partial charge is 0.481 e. The number of halogens is 1. The molecule has 0 fully saturated rings. The summed E-state index contributed by atoms with van der Waals surface area (Å²) in [5.74, 6) is -0.877. The van der Waals surface area contributed by atoms with Gasteiger partial charge in [0.2, 0.25) is 11.3 Å². The van der Waals surface area contributed by atoms with Crippen LogP contribution >= 0.6 is 0 Å². The first-order valence-corrected chi connectivity index (χ1v) is 8.21. The molecule has 1 N–H and O–H groups in total. The zero-order valence-electron chi connectivity index (χ0n) is 14.6. The van der Waals surface area contributed by atoms with Gasteiger partial charge in [-0.1, -0.05) is 6.07 Å². The van der Waals surface area contributed by atoms with Gasteiger partial charge in [0.05, 0.1) is 18.9 Å². The number of nitrogens with zero attached hydrogens (tertiary/aromatic N) is 3. The second-order valence-corrected chi connectivity index (χ2v) is 5.61. The number of rotatable bonds is 6. The van der Waals surface area contributed by atoms with Crippen molar-refractivity contribution in [3.05, 3.63) is 82.2 Å². The molecule has 1 aromatic carbocycles. The quantitative estimate of drug-likeness (QED) is 0.716. The van der Waals surface area contributed by atoms with Crippen molar-refractivity contribution in [1.82, 2.24) is 20.1 Å². The first-order chi connectivity index (χ1) is 13.1. The highest BCUT2D eigenvalue weighted by molar-refractivity contribution is 5.92. The monoisotopic (exact) mass is 368 g/mol. The molecule has 27 heavy (non-hydrogen) atoms. The summed E-state index contributed by atoms with van der Waals surface area (Å²) in [6.45, 7) is 0.305. The van der Waals surface area contributed by atoms with Crippen molar-refractivity contribution in [2.45, 2.75) is 6.42 Å². The maximum absolute atomic E-state index is 13.2. The Hall–Kier alpha value is -3.55. The minimum absolute atomic E-state index is 0.136. The van der Waals surface area contributed by atoms with Crippen molar-refractivity contribution in [1.29, 1.82) is 0 Å². The predicted octanol–water partition coefficient (Wildman–Crippen LogP) is 1.75. The number of nitrogens with one attached hydrogen (secondary N) is 1. The number of hydrogen-bond acceptors (Lipinski definition) is 5. The molecule has 3 rings (SSSR count). The summed E-state index contributed by atoms with van der Waals surface area (Å²) in [7, 11) is 1.38. The Balaban J connectivity index is 1.82. The van der Waals surface area contributed by atoms with Gasteiger partial charge in [0.1, 0.15) is 5.82 Å². The third kappa shape index (κ3) is 4.35. The van der Waals surface area contributed by atoms with Gasteiger partial charge in [-0.2, -0.15) is 5.10 Å². The van der Waals surface area contributed by atoms with Crippen molar-refractivity contribution >= 4 is 5.91 Å². The first-order valence-electron chi connectivity index (χ1n) is 8.21. The van der Waals surface area contributed by atoms with Crippen molar-refractivity contribution in [3.63, 3.8) is 0 Å². The third-order valence-corrected chi connectivity index (χ3v) is 3.78. The van der Waals surface area contributed by atoms with Crippen LogP contribution in [0.3, 0.4) is 0 Å². The third-order valence-electron chi connectivity index (χ3n) is 3.78. The number of benzene rings is 1. The molecule has 2 aromatic heterocycles. The van der Waals surface area contributed by atoms with Crippen LogP contribution < -0.4 is 15.5 Å². The number of hydrogen-bond donors (Lipinski definition) is 1. The molecular formula is C19H17FN4O3. The highest BCUT2D eigenvalue weighted by Gasteiger charge is 2.17. The van der Waals surface area contributed by atoms with E-state index in [2.05, 4.69) is 15.4 Å². The number of methoxy groups -OCH3 is 1. The van der Waals surface area contributed by atoms with Crippen molar-refractivity contribution in [3.8, 4) is 11.6 Å². The molecule has 0 radical (unpaired) electrons. The maximum atomic E-state index is 13.2. The van der Waals surface area contributed by atoms with Crippen LogP contribution in [-0.2, 0) is 6.42 Å². The number of pyridine rings is 1. The maximum Gasteiger partial charge on any atom is 0.275 e. The average molecular weight is 368 g/mol. The van der Waals surface area contributed by atoms with Crippen molar-refractivity contribution in [2.75, 3.05) is 13.7 Å². The lowest BCUT2D eigenvalue weighted by Crippen LogP contribution is -2.33. The van der Waals surface area contributed by atoms with E-state index in [0.717, 1.165) is 5.69 Å². The van der Waals surface area contributed by atoms with Crippen LogP contribution in [0.2, 0.25) is 0 Å². The molecule has 0 aliphatic heterocycles. The normalized spacial score (nSPS) is 10.4. The molecule has 0 unspecified atom stereocenters. The zero-order valence-corrected chi connectivity index (χ0v) is 14.6. The molecule has 0 bridgehead atoms. The Bertz CT molecular complexity index is 988. The van der Waals surface area contributed by atoms with E-state index in [4.69, 9.17) is 4.74 Å². The van der Waals surface area contributed by atoms with E-state index in [0.29, 0.717) is 18.7 Å². The lowest BCUT2D eigenvalue weighted by Gasteiger charge is -2.12. The minimum Gasteiger partial charge on any atom is -0.481 e. The summed E-state index contributed by atoms with van der Waals surface area (Å²) in [5.41, 5.74) is 0.432. The van der Waals surface area contributed by atoms with E-state index in [1.54, 1.807) is 12.3 Å². The molecule has 8 heteroatoms. The van der Waals surface area contributed by atoms with Gasteiger partial charge in [0.15, 0.2) is 5.69 Å². The number of amides is 1. The molecule has 0 aliphatic carbocycles. The van der Waals surface area contributed by atoms with Crippen molar-refractivity contribution in [2.24, 2.45) is 0 Å². The van der Waals surface area contributed by atoms with Gasteiger partial charge in [0.25, 0.3) is 5.91 Å². The van der Waals surface area contributed by atoms with Gasteiger partial charge in [-0.3, -0.25) is 14.6 Å². The number of carbonyl (C=O) groups excluding carboxylic acids is 1. The summed E-state index contributed by atoms with van der Waals surface area (Å²) in [6.07, 6.45) is 2.19. The molecule has 0 saturated heterocycles. The van der Waals surface area contributed by atoms with Crippen LogP contribution in [0.1, 0.15) is 16.2 Å². The minimum atomic E-state index is -0.602. The van der Waals surface area contributed by atoms with Crippen molar-refractivity contribution < 1.29 is 13.9 Å². The van der Waals surface area contributed by atoms with Gasteiger partial charge in [-0.15, -0.1) is 0 Å². The van der Waals surface area contributed by atoms with Crippen LogP contribution in [0.15, 0.2) is 59.5 Å². The van der Waals surface area contributed by atoms with E-state index in [1.807, 2.05) is 12.1 Å². The fraction of sp³-hybridized carbons (Fsp3) is 0.158. The summed E-state index contributed by atoms with van der Waals surface area (Å²) < 4.78 is 19.6. The van der Waals surface area contributed by atoms with Crippen LogP contribution in [0.4, 0.5) is 4.39 Å². The van der Waals surface area contributed by atoms with Gasteiger partial charge in [0, 0.05) is 24.9 Å². The molecule has 0 aliphatic rings. The van der Waals surface area contributed by atoms with Crippen LogP contribution in [-0.4, -0.2) is 34.3 Å². The van der Waals surface area contributed by atoms with Gasteiger partial charge < -0.3 is 10.1 Å². The van der Waals surface area contributed by atoms with E-state index in [1.165, 1.54) is 42.1 Å². The van der Waals surface area contributed by atoms with Gasteiger partial charge in [-0.25, -0.2) is 9.07 Å². The van der Waals surface area contributed by atoms with Gasteiger partial charge >= 0.3 is 0 Å².